The van der Waals surface area contributed by atoms with Crippen LogP contribution >= 0.6 is 0 Å². The number of ether oxygens (including phenoxy) is 1. The Morgan fingerprint density at radius 1 is 1.22 bits per heavy atom. The van der Waals surface area contributed by atoms with Crippen LogP contribution in [0.1, 0.15) is 5.56 Å². The van der Waals surface area contributed by atoms with Crippen molar-refractivity contribution in [2.24, 2.45) is 0 Å². The highest BCUT2D eigenvalue weighted by Gasteiger charge is 2.14. The Morgan fingerprint density at radius 3 is 2.67 bits per heavy atom. The van der Waals surface area contributed by atoms with Crippen LogP contribution in [0.4, 0.5) is 0 Å². The molecule has 3 rings (SSSR count). The number of aromatic nitrogens is 2. The number of nitrogens with one attached hydrogen (secondary N) is 1. The molecule has 6 nitrogen and oxygen atoms in total. The van der Waals surface area contributed by atoms with Gasteiger partial charge in [0.25, 0.3) is 5.91 Å². The molecule has 27 heavy (non-hydrogen) atoms. The highest BCUT2D eigenvalue weighted by molar-refractivity contribution is 6.02. The van der Waals surface area contributed by atoms with E-state index in [9.17, 15) is 10.1 Å². The van der Waals surface area contributed by atoms with Crippen molar-refractivity contribution in [3.63, 3.8) is 0 Å². The SMILES string of the molecule is CNC(=O)/C(C#N)=C\c1cn(-c2ccccc2)nc1-c1cccc(OC)c1. The predicted molar refractivity (Wildman–Crippen MR) is 103 cm³/mol. The summed E-state index contributed by atoms with van der Waals surface area (Å²) < 4.78 is 7.02. The van der Waals surface area contributed by atoms with E-state index in [1.165, 1.54) is 7.05 Å². The van der Waals surface area contributed by atoms with Gasteiger partial charge in [-0.25, -0.2) is 4.68 Å². The molecular formula is C21H18N4O2. The molecule has 2 aromatic carbocycles. The summed E-state index contributed by atoms with van der Waals surface area (Å²) in [6.07, 6.45) is 3.34. The molecule has 6 heteroatoms. The minimum absolute atomic E-state index is 0.00857. The summed E-state index contributed by atoms with van der Waals surface area (Å²) in [5.41, 5.74) is 3.01. The Bertz CT molecular complexity index is 1030. The number of nitrogens with zero attached hydrogens (tertiary/aromatic N) is 3. The predicted octanol–water partition coefficient (Wildman–Crippen LogP) is 3.20. The number of benzene rings is 2. The molecule has 0 saturated carbocycles. The van der Waals surface area contributed by atoms with Gasteiger partial charge >= 0.3 is 0 Å². The number of amides is 1. The second kappa shape index (κ2) is 8.02. The minimum atomic E-state index is -0.443. The molecule has 1 amide bonds. The first-order chi connectivity index (χ1) is 13.2. The summed E-state index contributed by atoms with van der Waals surface area (Å²) >= 11 is 0. The zero-order valence-corrected chi connectivity index (χ0v) is 15.0. The van der Waals surface area contributed by atoms with E-state index in [0.717, 1.165) is 11.3 Å². The third-order valence-electron chi connectivity index (χ3n) is 4.00. The fourth-order valence-electron chi connectivity index (χ4n) is 2.64. The summed E-state index contributed by atoms with van der Waals surface area (Å²) in [5.74, 6) is 0.255. The van der Waals surface area contributed by atoms with Crippen LogP contribution in [0.5, 0.6) is 5.75 Å². The molecular weight excluding hydrogens is 340 g/mol. The molecule has 0 aliphatic rings. The summed E-state index contributed by atoms with van der Waals surface area (Å²) in [4.78, 5) is 11.9. The van der Waals surface area contributed by atoms with E-state index in [1.54, 1.807) is 24.1 Å². The van der Waals surface area contributed by atoms with Gasteiger partial charge < -0.3 is 10.1 Å². The number of likely N-dealkylation sites (N-methyl/N-ethyl adjacent to an activating group) is 1. The van der Waals surface area contributed by atoms with E-state index in [1.807, 2.05) is 60.7 Å². The average Bonchev–Trinajstić information content (AvgIpc) is 3.16. The molecule has 1 heterocycles. The second-order valence-electron chi connectivity index (χ2n) is 5.69. The Labute approximate surface area is 157 Å². The normalized spacial score (nSPS) is 10.9. The summed E-state index contributed by atoms with van der Waals surface area (Å²) in [6, 6.07) is 19.0. The number of carbonyl (C=O) groups is 1. The highest BCUT2D eigenvalue weighted by Crippen LogP contribution is 2.28. The molecule has 0 aliphatic heterocycles. The molecule has 0 spiro atoms. The van der Waals surface area contributed by atoms with Gasteiger partial charge in [0.05, 0.1) is 12.8 Å². The summed E-state index contributed by atoms with van der Waals surface area (Å²) in [6.45, 7) is 0. The molecule has 0 saturated heterocycles. The quantitative estimate of drug-likeness (QED) is 0.561. The van der Waals surface area contributed by atoms with Gasteiger partial charge in [0, 0.05) is 24.4 Å². The molecule has 0 unspecified atom stereocenters. The standard InChI is InChI=1S/C21H18N4O2/c1-23-21(26)16(13-22)11-17-14-25(18-8-4-3-5-9-18)24-20(17)15-7-6-10-19(12-15)27-2/h3-12,14H,1-2H3,(H,23,26)/b16-11-. The van der Waals surface area contributed by atoms with Gasteiger partial charge in [-0.2, -0.15) is 10.4 Å². The first-order valence-electron chi connectivity index (χ1n) is 8.29. The van der Waals surface area contributed by atoms with Crippen molar-refractivity contribution >= 4 is 12.0 Å². The van der Waals surface area contributed by atoms with Crippen LogP contribution in [0.25, 0.3) is 23.0 Å². The molecule has 134 valence electrons. The Kier molecular flexibility index (Phi) is 5.33. The van der Waals surface area contributed by atoms with Gasteiger partial charge in [-0.3, -0.25) is 4.79 Å². The van der Waals surface area contributed by atoms with Crippen LogP contribution in [0.3, 0.4) is 0 Å². The van der Waals surface area contributed by atoms with Crippen LogP contribution in [0, 0.1) is 11.3 Å². The number of nitriles is 1. The van der Waals surface area contributed by atoms with E-state index >= 15 is 0 Å². The maximum atomic E-state index is 11.9. The Hall–Kier alpha value is -3.85. The first kappa shape index (κ1) is 18.0. The van der Waals surface area contributed by atoms with Crippen molar-refractivity contribution in [1.29, 1.82) is 5.26 Å². The fraction of sp³-hybridized carbons (Fsp3) is 0.0952. The van der Waals surface area contributed by atoms with Crippen LogP contribution < -0.4 is 10.1 Å². The molecule has 1 N–H and O–H groups in total. The Balaban J connectivity index is 2.18. The van der Waals surface area contributed by atoms with E-state index in [4.69, 9.17) is 4.74 Å². The number of carbonyl (C=O) groups excluding carboxylic acids is 1. The highest BCUT2D eigenvalue weighted by atomic mass is 16.5. The van der Waals surface area contributed by atoms with Gasteiger partial charge in [0.15, 0.2) is 0 Å². The van der Waals surface area contributed by atoms with Crippen LogP contribution in [-0.2, 0) is 4.79 Å². The molecule has 0 atom stereocenters. The third-order valence-corrected chi connectivity index (χ3v) is 4.00. The lowest BCUT2D eigenvalue weighted by atomic mass is 10.1. The molecule has 0 fully saturated rings. The van der Waals surface area contributed by atoms with Gasteiger partial charge in [-0.1, -0.05) is 30.3 Å². The zero-order valence-electron chi connectivity index (χ0n) is 15.0. The van der Waals surface area contributed by atoms with Crippen molar-refractivity contribution in [2.75, 3.05) is 14.2 Å². The molecule has 0 bridgehead atoms. The van der Waals surface area contributed by atoms with Crippen LogP contribution in [0.15, 0.2) is 66.4 Å². The lowest BCUT2D eigenvalue weighted by molar-refractivity contribution is -0.116. The third kappa shape index (κ3) is 3.88. The maximum absolute atomic E-state index is 11.9. The number of para-hydroxylation sites is 1. The van der Waals surface area contributed by atoms with Crippen molar-refractivity contribution in [2.45, 2.75) is 0 Å². The van der Waals surface area contributed by atoms with Gasteiger partial charge in [0.1, 0.15) is 23.1 Å². The van der Waals surface area contributed by atoms with Gasteiger partial charge in [-0.15, -0.1) is 0 Å². The number of rotatable bonds is 5. The van der Waals surface area contributed by atoms with E-state index in [0.29, 0.717) is 17.0 Å². The number of hydrogen-bond donors (Lipinski definition) is 1. The largest absolute Gasteiger partial charge is 0.497 e. The van der Waals surface area contributed by atoms with Gasteiger partial charge in [-0.05, 0) is 30.3 Å². The van der Waals surface area contributed by atoms with E-state index < -0.39 is 5.91 Å². The zero-order chi connectivity index (χ0) is 19.2. The lowest BCUT2D eigenvalue weighted by Gasteiger charge is -2.04. The smallest absolute Gasteiger partial charge is 0.261 e. The van der Waals surface area contributed by atoms with Crippen molar-refractivity contribution in [3.05, 3.63) is 71.9 Å². The Morgan fingerprint density at radius 2 is 2.00 bits per heavy atom. The first-order valence-corrected chi connectivity index (χ1v) is 8.29. The molecule has 1 aromatic heterocycles. The van der Waals surface area contributed by atoms with Crippen molar-refractivity contribution in [3.8, 4) is 28.8 Å². The van der Waals surface area contributed by atoms with Crippen LogP contribution in [-0.4, -0.2) is 29.8 Å². The average molecular weight is 358 g/mol. The second-order valence-corrected chi connectivity index (χ2v) is 5.69. The maximum Gasteiger partial charge on any atom is 0.261 e. The molecule has 0 aliphatic carbocycles. The van der Waals surface area contributed by atoms with E-state index in [2.05, 4.69) is 10.4 Å². The summed E-state index contributed by atoms with van der Waals surface area (Å²) in [5, 5.41) is 16.5. The van der Waals surface area contributed by atoms with Crippen molar-refractivity contribution in [1.82, 2.24) is 15.1 Å². The summed E-state index contributed by atoms with van der Waals surface area (Å²) in [7, 11) is 3.09. The number of hydrogen-bond acceptors (Lipinski definition) is 4. The minimum Gasteiger partial charge on any atom is -0.497 e. The van der Waals surface area contributed by atoms with Gasteiger partial charge in [0.2, 0.25) is 0 Å². The lowest BCUT2D eigenvalue weighted by Crippen LogP contribution is -2.19. The van der Waals surface area contributed by atoms with E-state index in [-0.39, 0.29) is 5.57 Å². The monoisotopic (exact) mass is 358 g/mol. The molecule has 3 aromatic rings. The van der Waals surface area contributed by atoms with Crippen molar-refractivity contribution < 1.29 is 9.53 Å². The fourth-order valence-corrected chi connectivity index (χ4v) is 2.64. The topological polar surface area (TPSA) is 79.9 Å². The molecule has 0 radical (unpaired) electrons. The van der Waals surface area contributed by atoms with Crippen LogP contribution in [0.2, 0.25) is 0 Å². The number of methoxy groups -OCH3 is 1.